The van der Waals surface area contributed by atoms with E-state index in [9.17, 15) is 4.79 Å². The van der Waals surface area contributed by atoms with Crippen LogP contribution in [0.5, 0.6) is 5.75 Å². The van der Waals surface area contributed by atoms with Gasteiger partial charge in [-0.2, -0.15) is 5.10 Å². The number of nitrogens with one attached hydrogen (secondary N) is 1. The predicted octanol–water partition coefficient (Wildman–Crippen LogP) is 1.40. The molecule has 0 aliphatic rings. The highest BCUT2D eigenvalue weighted by molar-refractivity contribution is 5.93. The number of carbonyl (C=O) groups is 1. The van der Waals surface area contributed by atoms with Gasteiger partial charge in [0, 0.05) is 19.8 Å². The Labute approximate surface area is 112 Å². The van der Waals surface area contributed by atoms with Crippen molar-refractivity contribution in [1.29, 1.82) is 0 Å². The number of aromatic nitrogens is 2. The number of ether oxygens (including phenoxy) is 1. The number of aryl methyl sites for hydroxylation is 1. The molecule has 1 heterocycles. The van der Waals surface area contributed by atoms with E-state index in [0.717, 1.165) is 17.7 Å². The molecule has 2 aromatic rings. The van der Waals surface area contributed by atoms with Crippen LogP contribution in [0.25, 0.3) is 0 Å². The van der Waals surface area contributed by atoms with Gasteiger partial charge in [0.25, 0.3) is 5.91 Å². The van der Waals surface area contributed by atoms with Crippen molar-refractivity contribution in [2.45, 2.75) is 6.42 Å². The molecule has 0 aliphatic carbocycles. The van der Waals surface area contributed by atoms with Gasteiger partial charge in [0.1, 0.15) is 5.75 Å². The zero-order valence-corrected chi connectivity index (χ0v) is 11.1. The summed E-state index contributed by atoms with van der Waals surface area (Å²) in [4.78, 5) is 11.8. The number of methoxy groups -OCH3 is 1. The third kappa shape index (κ3) is 3.58. The van der Waals surface area contributed by atoms with Crippen LogP contribution >= 0.6 is 0 Å². The molecule has 0 aliphatic heterocycles. The van der Waals surface area contributed by atoms with Crippen LogP contribution in [0, 0.1) is 0 Å². The number of carbonyl (C=O) groups excluding carboxylic acids is 1. The van der Waals surface area contributed by atoms with Gasteiger partial charge in [0.05, 0.1) is 18.9 Å². The lowest BCUT2D eigenvalue weighted by molar-refractivity contribution is 0.0954. The average Bonchev–Trinajstić information content (AvgIpc) is 2.86. The lowest BCUT2D eigenvalue weighted by atomic mass is 10.1. The van der Waals surface area contributed by atoms with E-state index in [-0.39, 0.29) is 5.91 Å². The molecule has 1 N–H and O–H groups in total. The van der Waals surface area contributed by atoms with Gasteiger partial charge >= 0.3 is 0 Å². The van der Waals surface area contributed by atoms with Gasteiger partial charge in [-0.3, -0.25) is 9.48 Å². The number of nitrogens with zero attached hydrogens (tertiary/aromatic N) is 2. The van der Waals surface area contributed by atoms with E-state index >= 15 is 0 Å². The number of benzene rings is 1. The molecular weight excluding hydrogens is 242 g/mol. The molecule has 19 heavy (non-hydrogen) atoms. The van der Waals surface area contributed by atoms with Crippen LogP contribution in [0.1, 0.15) is 15.9 Å². The van der Waals surface area contributed by atoms with Crippen molar-refractivity contribution < 1.29 is 9.53 Å². The SMILES string of the molecule is COc1ccc(CCNC(=O)c2cnn(C)c2)cc1. The molecule has 0 fully saturated rings. The standard InChI is InChI=1S/C14H17N3O2/c1-17-10-12(9-16-17)14(18)15-8-7-11-3-5-13(19-2)6-4-11/h3-6,9-10H,7-8H2,1-2H3,(H,15,18). The molecule has 0 bridgehead atoms. The summed E-state index contributed by atoms with van der Waals surface area (Å²) in [7, 11) is 3.43. The first kappa shape index (κ1) is 13.1. The first-order valence-electron chi connectivity index (χ1n) is 6.09. The van der Waals surface area contributed by atoms with Crippen molar-refractivity contribution in [3.63, 3.8) is 0 Å². The largest absolute Gasteiger partial charge is 0.497 e. The second kappa shape index (κ2) is 6.04. The van der Waals surface area contributed by atoms with E-state index in [1.54, 1.807) is 31.2 Å². The Hall–Kier alpha value is -2.30. The van der Waals surface area contributed by atoms with Crippen LogP contribution in [0.15, 0.2) is 36.7 Å². The first-order chi connectivity index (χ1) is 9.19. The van der Waals surface area contributed by atoms with Gasteiger partial charge in [0.15, 0.2) is 0 Å². The van der Waals surface area contributed by atoms with E-state index in [0.29, 0.717) is 12.1 Å². The van der Waals surface area contributed by atoms with Gasteiger partial charge in [0.2, 0.25) is 0 Å². The summed E-state index contributed by atoms with van der Waals surface area (Å²) in [6.45, 7) is 0.597. The van der Waals surface area contributed by atoms with Crippen LogP contribution in [-0.4, -0.2) is 29.3 Å². The minimum absolute atomic E-state index is 0.0957. The lowest BCUT2D eigenvalue weighted by Crippen LogP contribution is -2.25. The summed E-state index contributed by atoms with van der Waals surface area (Å²) in [6.07, 6.45) is 4.04. The zero-order chi connectivity index (χ0) is 13.7. The molecule has 100 valence electrons. The molecule has 1 aromatic heterocycles. The Morgan fingerprint density at radius 3 is 2.68 bits per heavy atom. The quantitative estimate of drug-likeness (QED) is 0.883. The Bertz CT molecular complexity index is 546. The highest BCUT2D eigenvalue weighted by atomic mass is 16.5. The van der Waals surface area contributed by atoms with Gasteiger partial charge < -0.3 is 10.1 Å². The highest BCUT2D eigenvalue weighted by Crippen LogP contribution is 2.11. The van der Waals surface area contributed by atoms with Crippen molar-refractivity contribution in [1.82, 2.24) is 15.1 Å². The molecule has 0 atom stereocenters. The monoisotopic (exact) mass is 259 g/mol. The van der Waals surface area contributed by atoms with E-state index in [1.165, 1.54) is 0 Å². The summed E-state index contributed by atoms with van der Waals surface area (Å²) < 4.78 is 6.70. The number of hydrogen-bond donors (Lipinski definition) is 1. The maximum atomic E-state index is 11.8. The molecule has 0 saturated heterocycles. The molecule has 0 radical (unpaired) electrons. The number of rotatable bonds is 5. The van der Waals surface area contributed by atoms with Crippen LogP contribution < -0.4 is 10.1 Å². The topological polar surface area (TPSA) is 56.1 Å². The molecule has 0 spiro atoms. The number of amides is 1. The van der Waals surface area contributed by atoms with E-state index < -0.39 is 0 Å². The summed E-state index contributed by atoms with van der Waals surface area (Å²) in [5.41, 5.74) is 1.74. The summed E-state index contributed by atoms with van der Waals surface area (Å²) in [5.74, 6) is 0.741. The molecule has 0 saturated carbocycles. The Balaban J connectivity index is 1.81. The maximum Gasteiger partial charge on any atom is 0.254 e. The van der Waals surface area contributed by atoms with Crippen molar-refractivity contribution >= 4 is 5.91 Å². The van der Waals surface area contributed by atoms with Crippen molar-refractivity contribution in [3.8, 4) is 5.75 Å². The molecule has 2 rings (SSSR count). The lowest BCUT2D eigenvalue weighted by Gasteiger charge is -2.05. The molecule has 5 nitrogen and oxygen atoms in total. The van der Waals surface area contributed by atoms with Crippen molar-refractivity contribution in [2.75, 3.05) is 13.7 Å². The minimum Gasteiger partial charge on any atom is -0.497 e. The smallest absolute Gasteiger partial charge is 0.254 e. The minimum atomic E-state index is -0.0957. The Morgan fingerprint density at radius 1 is 1.37 bits per heavy atom. The maximum absolute atomic E-state index is 11.8. The van der Waals surface area contributed by atoms with Crippen molar-refractivity contribution in [3.05, 3.63) is 47.8 Å². The second-order valence-corrected chi connectivity index (χ2v) is 4.26. The second-order valence-electron chi connectivity index (χ2n) is 4.26. The average molecular weight is 259 g/mol. The molecule has 1 aromatic carbocycles. The van der Waals surface area contributed by atoms with E-state index in [1.807, 2.05) is 24.3 Å². The molecule has 1 amide bonds. The fraction of sp³-hybridized carbons (Fsp3) is 0.286. The third-order valence-electron chi connectivity index (χ3n) is 2.83. The van der Waals surface area contributed by atoms with Gasteiger partial charge in [-0.05, 0) is 24.1 Å². The summed E-state index contributed by atoms with van der Waals surface area (Å²) >= 11 is 0. The van der Waals surface area contributed by atoms with E-state index in [4.69, 9.17) is 4.74 Å². The Kier molecular flexibility index (Phi) is 4.18. The van der Waals surface area contributed by atoms with Crippen LogP contribution in [0.3, 0.4) is 0 Å². The van der Waals surface area contributed by atoms with Gasteiger partial charge in [-0.15, -0.1) is 0 Å². The first-order valence-corrected chi connectivity index (χ1v) is 6.09. The zero-order valence-electron chi connectivity index (χ0n) is 11.1. The van der Waals surface area contributed by atoms with Gasteiger partial charge in [-0.25, -0.2) is 0 Å². The fourth-order valence-electron chi connectivity index (χ4n) is 1.75. The molecule has 5 heteroatoms. The van der Waals surface area contributed by atoms with Crippen LogP contribution in [0.2, 0.25) is 0 Å². The molecular formula is C14H17N3O2. The van der Waals surface area contributed by atoms with Gasteiger partial charge in [-0.1, -0.05) is 12.1 Å². The third-order valence-corrected chi connectivity index (χ3v) is 2.83. The predicted molar refractivity (Wildman–Crippen MR) is 72.2 cm³/mol. The van der Waals surface area contributed by atoms with E-state index in [2.05, 4.69) is 10.4 Å². The fourth-order valence-corrected chi connectivity index (χ4v) is 1.75. The number of hydrogen-bond acceptors (Lipinski definition) is 3. The van der Waals surface area contributed by atoms with Crippen LogP contribution in [0.4, 0.5) is 0 Å². The molecule has 0 unspecified atom stereocenters. The van der Waals surface area contributed by atoms with Crippen LogP contribution in [-0.2, 0) is 13.5 Å². The highest BCUT2D eigenvalue weighted by Gasteiger charge is 2.06. The summed E-state index contributed by atoms with van der Waals surface area (Å²) in [6, 6.07) is 7.82. The Morgan fingerprint density at radius 2 is 2.11 bits per heavy atom. The van der Waals surface area contributed by atoms with Crippen molar-refractivity contribution in [2.24, 2.45) is 7.05 Å². The normalized spacial score (nSPS) is 10.2. The summed E-state index contributed by atoms with van der Waals surface area (Å²) in [5, 5.41) is 6.83.